The third kappa shape index (κ3) is 13.6. The number of hydrogen-bond donors (Lipinski definition) is 2. The fourth-order valence-corrected chi connectivity index (χ4v) is 4.24. The van der Waals surface area contributed by atoms with Crippen LogP contribution in [0.5, 0.6) is 0 Å². The van der Waals surface area contributed by atoms with E-state index in [4.69, 9.17) is 4.55 Å². The lowest BCUT2D eigenvalue weighted by molar-refractivity contribution is -0.903. The second-order valence-electron chi connectivity index (χ2n) is 9.22. The van der Waals surface area contributed by atoms with Gasteiger partial charge in [0, 0.05) is 24.9 Å². The third-order valence-electron chi connectivity index (χ3n) is 5.60. The van der Waals surface area contributed by atoms with Crippen LogP contribution in [0.3, 0.4) is 0 Å². The van der Waals surface area contributed by atoms with Gasteiger partial charge in [-0.1, -0.05) is 70.4 Å². The number of quaternary nitrogens is 1. The second kappa shape index (κ2) is 14.6. The minimum Gasteiger partial charge on any atom is -0.356 e. The first-order valence-corrected chi connectivity index (χ1v) is 13.2. The van der Waals surface area contributed by atoms with Crippen LogP contribution in [0, 0.1) is 0 Å². The molecule has 0 saturated carbocycles. The van der Waals surface area contributed by atoms with E-state index in [1.807, 2.05) is 0 Å². The van der Waals surface area contributed by atoms with Crippen molar-refractivity contribution in [3.8, 4) is 0 Å². The summed E-state index contributed by atoms with van der Waals surface area (Å²) < 4.78 is 32.1. The van der Waals surface area contributed by atoms with E-state index in [-0.39, 0.29) is 10.8 Å². The zero-order chi connectivity index (χ0) is 23.2. The number of carbonyl (C=O) groups is 1. The van der Waals surface area contributed by atoms with Gasteiger partial charge in [0.15, 0.2) is 0 Å². The summed E-state index contributed by atoms with van der Waals surface area (Å²) in [5.41, 5.74) is 1.01. The molecule has 7 heteroatoms. The summed E-state index contributed by atoms with van der Waals surface area (Å²) in [5.74, 6) is 0.147. The van der Waals surface area contributed by atoms with Crippen LogP contribution in [0.4, 0.5) is 0 Å². The first kappa shape index (κ1) is 27.6. The van der Waals surface area contributed by atoms with Crippen molar-refractivity contribution in [1.82, 2.24) is 5.32 Å². The van der Waals surface area contributed by atoms with Crippen LogP contribution >= 0.6 is 0 Å². The van der Waals surface area contributed by atoms with E-state index in [1.165, 1.54) is 57.1 Å². The number of hydrogen-bond acceptors (Lipinski definition) is 3. The second-order valence-corrected chi connectivity index (χ2v) is 10.6. The van der Waals surface area contributed by atoms with Gasteiger partial charge in [-0.05, 0) is 18.6 Å². The highest BCUT2D eigenvalue weighted by Crippen LogP contribution is 2.14. The Labute approximate surface area is 189 Å². The molecule has 0 aliphatic heterocycles. The highest BCUT2D eigenvalue weighted by Gasteiger charge is 2.17. The molecule has 0 aromatic heterocycles. The van der Waals surface area contributed by atoms with E-state index in [0.29, 0.717) is 13.0 Å². The van der Waals surface area contributed by atoms with Gasteiger partial charge < -0.3 is 9.80 Å². The zero-order valence-corrected chi connectivity index (χ0v) is 20.6. The molecular formula is C24H43N2O4S+. The normalized spacial score (nSPS) is 12.1. The maximum absolute atomic E-state index is 12.0. The van der Waals surface area contributed by atoms with Crippen LogP contribution in [0.25, 0.3) is 0 Å². The lowest BCUT2D eigenvalue weighted by Gasteiger charge is -2.30. The van der Waals surface area contributed by atoms with Gasteiger partial charge in [0.2, 0.25) is 5.91 Å². The van der Waals surface area contributed by atoms with Gasteiger partial charge in [0.1, 0.15) is 6.54 Å². The highest BCUT2D eigenvalue weighted by atomic mass is 32.2. The molecular weight excluding hydrogens is 412 g/mol. The summed E-state index contributed by atoms with van der Waals surface area (Å²) in [6.07, 6.45) is 12.8. The van der Waals surface area contributed by atoms with Crippen LogP contribution in [0.1, 0.15) is 83.1 Å². The predicted molar refractivity (Wildman–Crippen MR) is 126 cm³/mol. The van der Waals surface area contributed by atoms with Crippen LogP contribution in [0.2, 0.25) is 0 Å². The lowest BCUT2D eigenvalue weighted by Crippen LogP contribution is -2.41. The van der Waals surface area contributed by atoms with Gasteiger partial charge >= 0.3 is 0 Å². The molecule has 178 valence electrons. The van der Waals surface area contributed by atoms with Crippen LogP contribution in [0.15, 0.2) is 29.2 Å². The summed E-state index contributed by atoms with van der Waals surface area (Å²) in [7, 11) is 0.0731. The average molecular weight is 456 g/mol. The first-order chi connectivity index (χ1) is 14.6. The molecule has 0 heterocycles. The molecule has 0 fully saturated rings. The molecule has 6 nitrogen and oxygen atoms in total. The Bertz CT molecular complexity index is 730. The topological polar surface area (TPSA) is 83.5 Å². The number of unbranched alkanes of at least 4 members (excludes halogenated alkanes) is 8. The maximum atomic E-state index is 12.0. The number of carbonyl (C=O) groups excluding carboxylic acids is 1. The van der Waals surface area contributed by atoms with Gasteiger partial charge in [0.05, 0.1) is 25.5 Å². The Hall–Kier alpha value is -1.44. The monoisotopic (exact) mass is 455 g/mol. The molecule has 0 unspecified atom stereocenters. The number of amides is 1. The van der Waals surface area contributed by atoms with Crippen molar-refractivity contribution in [2.24, 2.45) is 0 Å². The van der Waals surface area contributed by atoms with E-state index in [9.17, 15) is 13.2 Å². The van der Waals surface area contributed by atoms with Gasteiger partial charge in [-0.15, -0.1) is 0 Å². The smallest absolute Gasteiger partial charge is 0.294 e. The Balaban J connectivity index is 2.13. The minimum absolute atomic E-state index is 0.0868. The van der Waals surface area contributed by atoms with Gasteiger partial charge in [0.25, 0.3) is 10.1 Å². The Kier molecular flexibility index (Phi) is 13.0. The zero-order valence-electron chi connectivity index (χ0n) is 19.7. The Morgan fingerprint density at radius 2 is 1.45 bits per heavy atom. The molecule has 1 amide bonds. The minimum atomic E-state index is -4.15. The molecule has 0 spiro atoms. The van der Waals surface area contributed by atoms with Gasteiger partial charge in [-0.2, -0.15) is 8.42 Å². The number of rotatable bonds is 17. The van der Waals surface area contributed by atoms with Crippen molar-refractivity contribution in [3.63, 3.8) is 0 Å². The van der Waals surface area contributed by atoms with Crippen molar-refractivity contribution in [2.75, 3.05) is 27.2 Å². The summed E-state index contributed by atoms with van der Waals surface area (Å²) in [5, 5.41) is 3.03. The van der Waals surface area contributed by atoms with E-state index >= 15 is 0 Å². The van der Waals surface area contributed by atoms with E-state index in [2.05, 4.69) is 26.3 Å². The fraction of sp³-hybridized carbons (Fsp3) is 0.708. The standard InChI is InChI=1S/C24H42N2O4S/c1-4-5-6-7-8-9-10-11-12-14-24(27)25-19-13-20-26(2,3)21-22-15-17-23(18-16-22)31(28,29)30/h15-18H,4-14,19-21H2,1-3H3,(H-,25,27,28,29,30)/p+1. The molecule has 0 aliphatic rings. The Morgan fingerprint density at radius 1 is 0.903 bits per heavy atom. The van der Waals surface area contributed by atoms with Crippen LogP contribution in [-0.4, -0.2) is 50.5 Å². The maximum Gasteiger partial charge on any atom is 0.294 e. The summed E-state index contributed by atoms with van der Waals surface area (Å²) in [6.45, 7) is 4.57. The molecule has 31 heavy (non-hydrogen) atoms. The van der Waals surface area contributed by atoms with Crippen molar-refractivity contribution >= 4 is 16.0 Å². The van der Waals surface area contributed by atoms with Crippen LogP contribution < -0.4 is 5.32 Å². The molecule has 0 aliphatic carbocycles. The Morgan fingerprint density at radius 3 is 2.00 bits per heavy atom. The number of benzene rings is 1. The van der Waals surface area contributed by atoms with Crippen LogP contribution in [-0.2, 0) is 21.5 Å². The molecule has 0 saturated heterocycles. The van der Waals surface area contributed by atoms with Crippen molar-refractivity contribution in [2.45, 2.75) is 89.0 Å². The van der Waals surface area contributed by atoms with E-state index in [0.717, 1.165) is 42.4 Å². The predicted octanol–water partition coefficient (Wildman–Crippen LogP) is 4.94. The molecule has 1 rings (SSSR count). The first-order valence-electron chi connectivity index (χ1n) is 11.8. The summed E-state index contributed by atoms with van der Waals surface area (Å²) in [6, 6.07) is 6.32. The quantitative estimate of drug-likeness (QED) is 0.198. The van der Waals surface area contributed by atoms with Gasteiger partial charge in [-0.25, -0.2) is 0 Å². The largest absolute Gasteiger partial charge is 0.356 e. The average Bonchev–Trinajstić information content (AvgIpc) is 2.69. The van der Waals surface area contributed by atoms with E-state index in [1.54, 1.807) is 12.1 Å². The van der Waals surface area contributed by atoms with E-state index < -0.39 is 10.1 Å². The number of nitrogens with one attached hydrogen (secondary N) is 1. The third-order valence-corrected chi connectivity index (χ3v) is 6.47. The molecule has 2 N–H and O–H groups in total. The lowest BCUT2D eigenvalue weighted by atomic mass is 10.1. The SMILES string of the molecule is CCCCCCCCCCCC(=O)NCCC[N+](C)(C)Cc1ccc(S(=O)(=O)O)cc1. The van der Waals surface area contributed by atoms with Crippen molar-refractivity contribution in [1.29, 1.82) is 0 Å². The molecule has 1 aromatic rings. The highest BCUT2D eigenvalue weighted by molar-refractivity contribution is 7.85. The number of nitrogens with zero attached hydrogens (tertiary/aromatic N) is 1. The van der Waals surface area contributed by atoms with Crippen molar-refractivity contribution < 1.29 is 22.2 Å². The molecule has 0 atom stereocenters. The molecule has 0 bridgehead atoms. The molecule has 0 radical (unpaired) electrons. The van der Waals surface area contributed by atoms with Gasteiger partial charge in [-0.3, -0.25) is 9.35 Å². The fourth-order valence-electron chi connectivity index (χ4n) is 3.76. The summed E-state index contributed by atoms with van der Waals surface area (Å²) in [4.78, 5) is 11.9. The van der Waals surface area contributed by atoms with Crippen molar-refractivity contribution in [3.05, 3.63) is 29.8 Å². The summed E-state index contributed by atoms with van der Waals surface area (Å²) >= 11 is 0. The molecule has 1 aromatic carbocycles.